The number of aromatic nitrogens is 2. The van der Waals surface area contributed by atoms with Gasteiger partial charge in [-0.1, -0.05) is 5.16 Å². The highest BCUT2D eigenvalue weighted by Gasteiger charge is 2.20. The first-order chi connectivity index (χ1) is 11.2. The molecule has 0 amide bonds. The van der Waals surface area contributed by atoms with Crippen molar-refractivity contribution in [2.45, 2.75) is 39.3 Å². The van der Waals surface area contributed by atoms with E-state index in [1.54, 1.807) is 14.0 Å². The fraction of sp³-hybridized carbons (Fsp3) is 0.800. The van der Waals surface area contributed by atoms with Crippen molar-refractivity contribution < 1.29 is 9.26 Å². The quantitative estimate of drug-likeness (QED) is 0.559. The maximum atomic E-state index is 5.17. The number of piperidine rings is 1. The Labute approximate surface area is 137 Å². The molecule has 1 aliphatic rings. The van der Waals surface area contributed by atoms with Crippen LogP contribution in [0.1, 0.15) is 31.5 Å². The summed E-state index contributed by atoms with van der Waals surface area (Å²) in [7, 11) is 1.75. The molecule has 1 fully saturated rings. The molecule has 2 heterocycles. The third-order valence-electron chi connectivity index (χ3n) is 3.75. The number of rotatable bonds is 7. The zero-order chi connectivity index (χ0) is 16.5. The van der Waals surface area contributed by atoms with E-state index < -0.39 is 0 Å². The molecule has 0 aliphatic carbocycles. The van der Waals surface area contributed by atoms with Crippen LogP contribution in [0.4, 0.5) is 0 Å². The van der Waals surface area contributed by atoms with Crippen LogP contribution in [0.3, 0.4) is 0 Å². The molecule has 0 spiro atoms. The molecule has 1 saturated heterocycles. The Hall–Kier alpha value is -1.67. The Morgan fingerprint density at radius 1 is 1.52 bits per heavy atom. The minimum Gasteiger partial charge on any atom is -0.383 e. The van der Waals surface area contributed by atoms with Crippen molar-refractivity contribution in [2.24, 2.45) is 4.99 Å². The number of guanidine groups is 1. The van der Waals surface area contributed by atoms with Gasteiger partial charge in [-0.05, 0) is 26.3 Å². The summed E-state index contributed by atoms with van der Waals surface area (Å²) in [5, 5.41) is 10.7. The van der Waals surface area contributed by atoms with Gasteiger partial charge in [0.2, 0.25) is 5.89 Å². The van der Waals surface area contributed by atoms with Gasteiger partial charge in [0.15, 0.2) is 11.8 Å². The monoisotopic (exact) mass is 324 g/mol. The maximum absolute atomic E-state index is 5.17. The minimum atomic E-state index is 0.394. The van der Waals surface area contributed by atoms with Crippen LogP contribution in [-0.4, -0.2) is 66.9 Å². The van der Waals surface area contributed by atoms with Crippen molar-refractivity contribution in [3.8, 4) is 0 Å². The van der Waals surface area contributed by atoms with Crippen molar-refractivity contribution in [1.29, 1.82) is 0 Å². The van der Waals surface area contributed by atoms with Crippen LogP contribution in [0.2, 0.25) is 0 Å². The molecular formula is C15H28N6O2. The van der Waals surface area contributed by atoms with E-state index in [4.69, 9.17) is 9.26 Å². The van der Waals surface area contributed by atoms with Gasteiger partial charge in [-0.15, -0.1) is 0 Å². The normalized spacial score (nSPS) is 19.8. The number of hydrogen-bond acceptors (Lipinski definition) is 6. The molecular weight excluding hydrogens is 296 g/mol. The molecule has 1 aromatic rings. The molecule has 0 radical (unpaired) electrons. The van der Waals surface area contributed by atoms with Crippen molar-refractivity contribution in [2.75, 3.05) is 39.9 Å². The summed E-state index contributed by atoms with van der Waals surface area (Å²) in [5.41, 5.74) is 0. The summed E-state index contributed by atoms with van der Waals surface area (Å²) in [6.45, 7) is 8.96. The molecule has 0 aromatic carbocycles. The maximum Gasteiger partial charge on any atom is 0.223 e. The zero-order valence-corrected chi connectivity index (χ0v) is 14.3. The first-order valence-electron chi connectivity index (χ1n) is 8.26. The molecule has 1 aromatic heterocycles. The fourth-order valence-electron chi connectivity index (χ4n) is 2.67. The Balaban J connectivity index is 1.87. The summed E-state index contributed by atoms with van der Waals surface area (Å²) in [6.07, 6.45) is 2.33. The van der Waals surface area contributed by atoms with Gasteiger partial charge in [-0.25, -0.2) is 4.99 Å². The highest BCUT2D eigenvalue weighted by atomic mass is 16.5. The lowest BCUT2D eigenvalue weighted by molar-refractivity contribution is 0.126. The number of methoxy groups -OCH3 is 1. The Morgan fingerprint density at radius 3 is 3.09 bits per heavy atom. The third-order valence-corrected chi connectivity index (χ3v) is 3.75. The Kier molecular flexibility index (Phi) is 7.28. The van der Waals surface area contributed by atoms with Gasteiger partial charge in [-0.3, -0.25) is 4.90 Å². The number of ether oxygens (including phenoxy) is 1. The predicted octanol–water partition coefficient (Wildman–Crippen LogP) is 0.544. The number of aliphatic imine (C=N–C) groups is 1. The lowest BCUT2D eigenvalue weighted by Crippen LogP contribution is -2.51. The van der Waals surface area contributed by atoms with Crippen molar-refractivity contribution in [3.63, 3.8) is 0 Å². The summed E-state index contributed by atoms with van der Waals surface area (Å²) < 4.78 is 10.1. The topological polar surface area (TPSA) is 87.8 Å². The second kappa shape index (κ2) is 9.46. The van der Waals surface area contributed by atoms with Crippen LogP contribution in [0.5, 0.6) is 0 Å². The van der Waals surface area contributed by atoms with Crippen molar-refractivity contribution in [1.82, 2.24) is 25.7 Å². The number of likely N-dealkylation sites (tertiary alicyclic amines) is 1. The molecule has 23 heavy (non-hydrogen) atoms. The predicted molar refractivity (Wildman–Crippen MR) is 88.3 cm³/mol. The zero-order valence-electron chi connectivity index (χ0n) is 14.3. The lowest BCUT2D eigenvalue weighted by Gasteiger charge is -2.33. The van der Waals surface area contributed by atoms with Crippen LogP contribution in [0.15, 0.2) is 9.52 Å². The largest absolute Gasteiger partial charge is 0.383 e. The number of aryl methyl sites for hydroxylation is 1. The van der Waals surface area contributed by atoms with Gasteiger partial charge in [0, 0.05) is 39.7 Å². The molecule has 2 rings (SSSR count). The van der Waals surface area contributed by atoms with E-state index in [2.05, 4.69) is 37.6 Å². The second-order valence-corrected chi connectivity index (χ2v) is 5.70. The SMILES string of the molecule is CCNC(=NCc1noc(C)n1)N[C@H]1CCCN(CCOC)C1. The molecule has 2 N–H and O–H groups in total. The average Bonchev–Trinajstić information content (AvgIpc) is 2.97. The Bertz CT molecular complexity index is 490. The first kappa shape index (κ1) is 17.7. The molecule has 8 heteroatoms. The molecule has 1 aliphatic heterocycles. The van der Waals surface area contributed by atoms with Crippen LogP contribution in [0, 0.1) is 6.92 Å². The van der Waals surface area contributed by atoms with E-state index >= 15 is 0 Å². The summed E-state index contributed by atoms with van der Waals surface area (Å²) in [4.78, 5) is 11.1. The first-order valence-corrected chi connectivity index (χ1v) is 8.26. The van der Waals surface area contributed by atoms with E-state index in [0.29, 0.717) is 24.3 Å². The molecule has 8 nitrogen and oxygen atoms in total. The van der Waals surface area contributed by atoms with E-state index in [1.807, 2.05) is 0 Å². The van der Waals surface area contributed by atoms with E-state index in [0.717, 1.165) is 45.2 Å². The van der Waals surface area contributed by atoms with Crippen LogP contribution in [-0.2, 0) is 11.3 Å². The standard InChI is InChI=1S/C15H28N6O2/c1-4-16-15(17-10-14-18-12(2)23-20-14)19-13-6-5-7-21(11-13)8-9-22-3/h13H,4-11H2,1-3H3,(H2,16,17,19)/t13-/m0/s1. The highest BCUT2D eigenvalue weighted by molar-refractivity contribution is 5.80. The van der Waals surface area contributed by atoms with Crippen molar-refractivity contribution >= 4 is 5.96 Å². The van der Waals surface area contributed by atoms with Gasteiger partial charge in [-0.2, -0.15) is 4.98 Å². The fourth-order valence-corrected chi connectivity index (χ4v) is 2.67. The second-order valence-electron chi connectivity index (χ2n) is 5.70. The van der Waals surface area contributed by atoms with Crippen LogP contribution >= 0.6 is 0 Å². The summed E-state index contributed by atoms with van der Waals surface area (Å²) in [5.74, 6) is 1.97. The van der Waals surface area contributed by atoms with E-state index in [9.17, 15) is 0 Å². The molecule has 0 unspecified atom stereocenters. The number of nitrogens with zero attached hydrogens (tertiary/aromatic N) is 4. The third kappa shape index (κ3) is 6.15. The molecule has 130 valence electrons. The van der Waals surface area contributed by atoms with E-state index in [1.165, 1.54) is 6.42 Å². The lowest BCUT2D eigenvalue weighted by atomic mass is 10.1. The highest BCUT2D eigenvalue weighted by Crippen LogP contribution is 2.09. The van der Waals surface area contributed by atoms with Gasteiger partial charge in [0.25, 0.3) is 0 Å². The van der Waals surface area contributed by atoms with E-state index in [-0.39, 0.29) is 0 Å². The summed E-state index contributed by atoms with van der Waals surface area (Å²) >= 11 is 0. The summed E-state index contributed by atoms with van der Waals surface area (Å²) in [6, 6.07) is 0.394. The van der Waals surface area contributed by atoms with Crippen molar-refractivity contribution in [3.05, 3.63) is 11.7 Å². The van der Waals surface area contributed by atoms with Crippen LogP contribution in [0.25, 0.3) is 0 Å². The molecule has 1 atom stereocenters. The van der Waals surface area contributed by atoms with Gasteiger partial charge in [0.1, 0.15) is 6.54 Å². The van der Waals surface area contributed by atoms with Crippen LogP contribution < -0.4 is 10.6 Å². The minimum absolute atomic E-state index is 0.394. The number of hydrogen-bond donors (Lipinski definition) is 2. The van der Waals surface area contributed by atoms with Gasteiger partial charge < -0.3 is 19.9 Å². The Morgan fingerprint density at radius 2 is 2.39 bits per heavy atom. The van der Waals surface area contributed by atoms with Gasteiger partial charge in [0.05, 0.1) is 6.61 Å². The smallest absolute Gasteiger partial charge is 0.223 e. The number of nitrogens with one attached hydrogen (secondary N) is 2. The average molecular weight is 324 g/mol. The molecule has 0 saturated carbocycles. The molecule has 0 bridgehead atoms. The van der Waals surface area contributed by atoms with Gasteiger partial charge >= 0.3 is 0 Å².